The molecule has 1 atom stereocenters. The van der Waals surface area contributed by atoms with Crippen LogP contribution < -0.4 is 10.0 Å². The van der Waals surface area contributed by atoms with Crippen molar-refractivity contribution in [1.29, 1.82) is 0 Å². The van der Waals surface area contributed by atoms with Crippen molar-refractivity contribution in [3.8, 4) is 0 Å². The highest BCUT2D eigenvalue weighted by atomic mass is 79.9. The van der Waals surface area contributed by atoms with Gasteiger partial charge in [0.1, 0.15) is 11.9 Å². The van der Waals surface area contributed by atoms with Crippen molar-refractivity contribution in [3.05, 3.63) is 58.8 Å². The Morgan fingerprint density at radius 3 is 2.46 bits per heavy atom. The first kappa shape index (κ1) is 18.6. The van der Waals surface area contributed by atoms with Gasteiger partial charge < -0.3 is 5.32 Å². The summed E-state index contributed by atoms with van der Waals surface area (Å²) < 4.78 is 40.7. The second kappa shape index (κ2) is 7.87. The van der Waals surface area contributed by atoms with E-state index in [-0.39, 0.29) is 11.3 Å². The van der Waals surface area contributed by atoms with Gasteiger partial charge in [-0.05, 0) is 48.9 Å². The molecule has 0 aliphatic carbocycles. The summed E-state index contributed by atoms with van der Waals surface area (Å²) in [5, 5.41) is 2.66. The van der Waals surface area contributed by atoms with E-state index in [1.54, 1.807) is 25.1 Å². The number of nitrogens with one attached hydrogen (secondary N) is 2. The van der Waals surface area contributed by atoms with Gasteiger partial charge in [0, 0.05) is 10.2 Å². The van der Waals surface area contributed by atoms with Gasteiger partial charge in [-0.15, -0.1) is 0 Å². The Labute approximate surface area is 148 Å². The van der Waals surface area contributed by atoms with Crippen LogP contribution >= 0.6 is 15.9 Å². The summed E-state index contributed by atoms with van der Waals surface area (Å²) in [5.41, 5.74) is 0.550. The van der Waals surface area contributed by atoms with Crippen molar-refractivity contribution in [3.63, 3.8) is 0 Å². The summed E-state index contributed by atoms with van der Waals surface area (Å²) in [6, 6.07) is 10.4. The van der Waals surface area contributed by atoms with Crippen LogP contribution in [0, 0.1) is 5.82 Å². The standard InChI is InChI=1S/C16H16BrFN2O3S/c1-2-15(16(21)19-13-5-3-4-11(17)10-13)20-24(22,23)14-8-6-12(18)7-9-14/h3-10,15,20H,2H2,1H3,(H,19,21). The number of carbonyl (C=O) groups excluding carboxylic acids is 1. The molecule has 0 aliphatic rings. The van der Waals surface area contributed by atoms with Crippen LogP contribution in [0.5, 0.6) is 0 Å². The van der Waals surface area contributed by atoms with Gasteiger partial charge >= 0.3 is 0 Å². The van der Waals surface area contributed by atoms with E-state index in [0.717, 1.165) is 28.7 Å². The number of benzene rings is 2. The number of hydrogen-bond acceptors (Lipinski definition) is 3. The molecule has 0 radical (unpaired) electrons. The second-order valence-corrected chi connectivity index (χ2v) is 7.67. The lowest BCUT2D eigenvalue weighted by Gasteiger charge is -2.17. The number of hydrogen-bond donors (Lipinski definition) is 2. The lowest BCUT2D eigenvalue weighted by atomic mass is 10.2. The molecule has 0 aromatic heterocycles. The van der Waals surface area contributed by atoms with Crippen molar-refractivity contribution in [2.24, 2.45) is 0 Å². The summed E-state index contributed by atoms with van der Waals surface area (Å²) in [7, 11) is -3.92. The van der Waals surface area contributed by atoms with Gasteiger partial charge in [0.05, 0.1) is 4.90 Å². The highest BCUT2D eigenvalue weighted by molar-refractivity contribution is 9.10. The first-order chi connectivity index (χ1) is 11.3. The van der Waals surface area contributed by atoms with E-state index >= 15 is 0 Å². The maximum absolute atomic E-state index is 12.9. The third-order valence-electron chi connectivity index (χ3n) is 3.24. The highest BCUT2D eigenvalue weighted by Crippen LogP contribution is 2.17. The summed E-state index contributed by atoms with van der Waals surface area (Å²) in [4.78, 5) is 12.2. The van der Waals surface area contributed by atoms with E-state index in [2.05, 4.69) is 26.0 Å². The molecule has 0 saturated carbocycles. The maximum Gasteiger partial charge on any atom is 0.242 e. The topological polar surface area (TPSA) is 75.3 Å². The van der Waals surface area contributed by atoms with Crippen molar-refractivity contribution in [2.45, 2.75) is 24.3 Å². The number of sulfonamides is 1. The Morgan fingerprint density at radius 1 is 1.21 bits per heavy atom. The number of carbonyl (C=O) groups is 1. The third-order valence-corrected chi connectivity index (χ3v) is 5.22. The van der Waals surface area contributed by atoms with Gasteiger partial charge in [-0.25, -0.2) is 12.8 Å². The van der Waals surface area contributed by atoms with Crippen LogP contribution in [0.25, 0.3) is 0 Å². The van der Waals surface area contributed by atoms with E-state index in [1.807, 2.05) is 6.07 Å². The molecule has 5 nitrogen and oxygen atoms in total. The molecule has 0 aliphatic heterocycles. The number of halogens is 2. The van der Waals surface area contributed by atoms with Gasteiger partial charge in [-0.1, -0.05) is 28.9 Å². The van der Waals surface area contributed by atoms with Crippen molar-refractivity contribution >= 4 is 37.5 Å². The van der Waals surface area contributed by atoms with Gasteiger partial charge in [0.25, 0.3) is 0 Å². The largest absolute Gasteiger partial charge is 0.325 e. The molecule has 1 amide bonds. The molecule has 0 spiro atoms. The lowest BCUT2D eigenvalue weighted by molar-refractivity contribution is -0.117. The Balaban J connectivity index is 2.13. The van der Waals surface area contributed by atoms with Gasteiger partial charge in [-0.3, -0.25) is 4.79 Å². The van der Waals surface area contributed by atoms with Crippen molar-refractivity contribution < 1.29 is 17.6 Å². The van der Waals surface area contributed by atoms with Crippen LogP contribution in [0.2, 0.25) is 0 Å². The monoisotopic (exact) mass is 414 g/mol. The average Bonchev–Trinajstić information content (AvgIpc) is 2.53. The zero-order valence-corrected chi connectivity index (χ0v) is 15.2. The molecule has 24 heavy (non-hydrogen) atoms. The number of rotatable bonds is 6. The predicted molar refractivity (Wildman–Crippen MR) is 93.6 cm³/mol. The SMILES string of the molecule is CCC(NS(=O)(=O)c1ccc(F)cc1)C(=O)Nc1cccc(Br)c1. The molecule has 0 heterocycles. The normalized spacial score (nSPS) is 12.6. The molecule has 8 heteroatoms. The van der Waals surface area contributed by atoms with E-state index in [9.17, 15) is 17.6 Å². The van der Waals surface area contributed by atoms with Gasteiger partial charge in [0.2, 0.25) is 15.9 Å². The molecule has 2 aromatic rings. The third kappa shape index (κ3) is 4.86. The smallest absolute Gasteiger partial charge is 0.242 e. The van der Waals surface area contributed by atoms with Crippen LogP contribution in [-0.4, -0.2) is 20.4 Å². The Bertz CT molecular complexity index is 825. The molecular formula is C16H16BrFN2O3S. The fourth-order valence-electron chi connectivity index (χ4n) is 1.99. The molecule has 0 fully saturated rings. The first-order valence-corrected chi connectivity index (χ1v) is 9.44. The summed E-state index contributed by atoms with van der Waals surface area (Å²) in [6.07, 6.45) is 0.264. The number of amides is 1. The predicted octanol–water partition coefficient (Wildman–Crippen LogP) is 3.28. The second-order valence-electron chi connectivity index (χ2n) is 5.04. The Hall–Kier alpha value is -1.77. The van der Waals surface area contributed by atoms with Crippen LogP contribution in [0.3, 0.4) is 0 Å². The van der Waals surface area contributed by atoms with Crippen LogP contribution in [0.4, 0.5) is 10.1 Å². The van der Waals surface area contributed by atoms with Gasteiger partial charge in [-0.2, -0.15) is 4.72 Å². The summed E-state index contributed by atoms with van der Waals surface area (Å²) >= 11 is 3.30. The average molecular weight is 415 g/mol. The lowest BCUT2D eigenvalue weighted by Crippen LogP contribution is -2.43. The Kier molecular flexibility index (Phi) is 6.09. The zero-order valence-electron chi connectivity index (χ0n) is 12.8. The van der Waals surface area contributed by atoms with E-state index < -0.39 is 27.8 Å². The fourth-order valence-corrected chi connectivity index (χ4v) is 3.66. The molecule has 0 saturated heterocycles. The van der Waals surface area contributed by atoms with Crippen LogP contribution in [0.15, 0.2) is 57.9 Å². The minimum absolute atomic E-state index is 0.0994. The van der Waals surface area contributed by atoms with E-state index in [1.165, 1.54) is 0 Å². The van der Waals surface area contributed by atoms with Crippen LogP contribution in [0.1, 0.15) is 13.3 Å². The minimum atomic E-state index is -3.92. The molecule has 128 valence electrons. The van der Waals surface area contributed by atoms with Gasteiger partial charge in [0.15, 0.2) is 0 Å². The highest BCUT2D eigenvalue weighted by Gasteiger charge is 2.24. The molecule has 1 unspecified atom stereocenters. The summed E-state index contributed by atoms with van der Waals surface area (Å²) in [5.74, 6) is -1.00. The number of anilines is 1. The molecule has 2 aromatic carbocycles. The van der Waals surface area contributed by atoms with Crippen molar-refractivity contribution in [2.75, 3.05) is 5.32 Å². The molecule has 2 N–H and O–H groups in total. The fraction of sp³-hybridized carbons (Fsp3) is 0.188. The minimum Gasteiger partial charge on any atom is -0.325 e. The quantitative estimate of drug-likeness (QED) is 0.761. The Morgan fingerprint density at radius 2 is 1.88 bits per heavy atom. The van der Waals surface area contributed by atoms with Crippen LogP contribution in [-0.2, 0) is 14.8 Å². The first-order valence-electron chi connectivity index (χ1n) is 7.16. The maximum atomic E-state index is 12.9. The molecular weight excluding hydrogens is 399 g/mol. The summed E-state index contributed by atoms with van der Waals surface area (Å²) in [6.45, 7) is 1.69. The van der Waals surface area contributed by atoms with E-state index in [4.69, 9.17) is 0 Å². The molecule has 0 bridgehead atoms. The van der Waals surface area contributed by atoms with Crippen molar-refractivity contribution in [1.82, 2.24) is 4.72 Å². The van der Waals surface area contributed by atoms with E-state index in [0.29, 0.717) is 5.69 Å². The zero-order chi connectivity index (χ0) is 17.7. The molecule has 2 rings (SSSR count).